The maximum absolute atomic E-state index is 5.85. The van der Waals surface area contributed by atoms with Gasteiger partial charge in [0.05, 0.1) is 0 Å². The van der Waals surface area contributed by atoms with Crippen molar-refractivity contribution >= 4 is 0 Å². The van der Waals surface area contributed by atoms with E-state index in [0.29, 0.717) is 6.54 Å². The van der Waals surface area contributed by atoms with Crippen molar-refractivity contribution in [2.75, 3.05) is 6.54 Å². The van der Waals surface area contributed by atoms with Crippen LogP contribution in [0.4, 0.5) is 0 Å². The molecule has 0 spiro atoms. The van der Waals surface area contributed by atoms with Crippen molar-refractivity contribution in [2.45, 2.75) is 38.3 Å². The lowest BCUT2D eigenvalue weighted by Gasteiger charge is -2.20. The van der Waals surface area contributed by atoms with E-state index in [4.69, 9.17) is 5.73 Å². The van der Waals surface area contributed by atoms with Crippen molar-refractivity contribution in [3.05, 3.63) is 25.3 Å². The van der Waals surface area contributed by atoms with Crippen LogP contribution >= 0.6 is 0 Å². The number of unbranched alkanes of at least 4 members (excludes halogenated alkanes) is 1. The third kappa shape index (κ3) is 5.61. The molecule has 0 heterocycles. The molecule has 0 aromatic rings. The fraction of sp³-hybridized carbons (Fsp3) is 0.636. The molecule has 2 heteroatoms. The molecule has 2 N–H and O–H groups in total. The third-order valence-electron chi connectivity index (χ3n) is 2.04. The molecule has 2 unspecified atom stereocenters. The zero-order valence-corrected chi connectivity index (χ0v) is 8.58. The smallest absolute Gasteiger partial charge is 0.0436 e. The van der Waals surface area contributed by atoms with E-state index < -0.39 is 0 Å². The van der Waals surface area contributed by atoms with E-state index in [1.165, 1.54) is 12.8 Å². The Morgan fingerprint density at radius 2 is 2.15 bits per heavy atom. The average molecular weight is 181 g/mol. The van der Waals surface area contributed by atoms with Crippen LogP contribution in [0.2, 0.25) is 0 Å². The molecular formula is C11H21N2. The van der Waals surface area contributed by atoms with Crippen LogP contribution in [-0.2, 0) is 0 Å². The van der Waals surface area contributed by atoms with Crippen molar-refractivity contribution < 1.29 is 0 Å². The Hall–Kier alpha value is -0.600. The largest absolute Gasteiger partial charge is 0.323 e. The van der Waals surface area contributed by atoms with Crippen LogP contribution in [0.3, 0.4) is 0 Å². The van der Waals surface area contributed by atoms with Gasteiger partial charge in [-0.3, -0.25) is 0 Å². The van der Waals surface area contributed by atoms with Crippen LogP contribution in [0, 0.1) is 0 Å². The molecule has 0 aliphatic carbocycles. The molecular weight excluding hydrogens is 160 g/mol. The van der Waals surface area contributed by atoms with Crippen LogP contribution in [0.25, 0.3) is 0 Å². The summed E-state index contributed by atoms with van der Waals surface area (Å²) in [6, 6.07) is 0.210. The van der Waals surface area contributed by atoms with E-state index in [1.807, 2.05) is 0 Å². The predicted octanol–water partition coefficient (Wildman–Crippen LogP) is 1.85. The van der Waals surface area contributed by atoms with Gasteiger partial charge in [0.2, 0.25) is 0 Å². The highest BCUT2D eigenvalue weighted by atomic mass is 14.9. The topological polar surface area (TPSA) is 40.1 Å². The van der Waals surface area contributed by atoms with Crippen LogP contribution < -0.4 is 11.1 Å². The second-order valence-electron chi connectivity index (χ2n) is 3.18. The number of nitrogens with two attached hydrogens (primary N) is 1. The maximum atomic E-state index is 5.85. The summed E-state index contributed by atoms with van der Waals surface area (Å²) in [6.45, 7) is 10.2. The lowest BCUT2D eigenvalue weighted by molar-refractivity contribution is 0.441. The molecule has 13 heavy (non-hydrogen) atoms. The Bertz CT molecular complexity index is 143. The predicted molar refractivity (Wildman–Crippen MR) is 58.7 cm³/mol. The Morgan fingerprint density at radius 3 is 2.62 bits per heavy atom. The van der Waals surface area contributed by atoms with E-state index in [2.05, 4.69) is 25.4 Å². The highest BCUT2D eigenvalue weighted by Gasteiger charge is 2.13. The molecule has 1 radical (unpaired) electrons. The zero-order chi connectivity index (χ0) is 10.1. The fourth-order valence-electron chi connectivity index (χ4n) is 1.19. The summed E-state index contributed by atoms with van der Waals surface area (Å²) in [6.07, 6.45) is 6.98. The van der Waals surface area contributed by atoms with Gasteiger partial charge in [-0.1, -0.05) is 31.9 Å². The molecule has 0 saturated heterocycles. The van der Waals surface area contributed by atoms with Crippen molar-refractivity contribution in [3.8, 4) is 0 Å². The number of nitrogens with zero attached hydrogens (tertiary/aromatic N) is 1. The van der Waals surface area contributed by atoms with Gasteiger partial charge < -0.3 is 5.73 Å². The third-order valence-corrected chi connectivity index (χ3v) is 2.04. The monoisotopic (exact) mass is 181 g/mol. The van der Waals surface area contributed by atoms with Crippen molar-refractivity contribution in [1.29, 1.82) is 0 Å². The van der Waals surface area contributed by atoms with Gasteiger partial charge in [0, 0.05) is 18.6 Å². The Labute approximate surface area is 81.9 Å². The average Bonchev–Trinajstić information content (AvgIpc) is 2.17. The van der Waals surface area contributed by atoms with E-state index in [9.17, 15) is 0 Å². The number of rotatable bonds is 8. The fourth-order valence-corrected chi connectivity index (χ4v) is 1.19. The summed E-state index contributed by atoms with van der Waals surface area (Å²) >= 11 is 0. The maximum Gasteiger partial charge on any atom is 0.0436 e. The minimum absolute atomic E-state index is 0.00787. The summed E-state index contributed by atoms with van der Waals surface area (Å²) in [5.41, 5.74) is 5.85. The zero-order valence-electron chi connectivity index (χ0n) is 8.58. The summed E-state index contributed by atoms with van der Waals surface area (Å²) in [5.74, 6) is 0. The molecule has 0 amide bonds. The standard InChI is InChI=1S/C11H21N2/c1-4-7-8-11(10(12)6-3)13-9-5-2/h5-6,10-11H,2-4,7-9,12H2,1H3. The molecule has 0 fully saturated rings. The molecule has 0 saturated carbocycles. The van der Waals surface area contributed by atoms with Gasteiger partial charge in [-0.2, -0.15) is 0 Å². The number of hydrogen-bond acceptors (Lipinski definition) is 1. The first kappa shape index (κ1) is 12.4. The lowest BCUT2D eigenvalue weighted by atomic mass is 10.0. The highest BCUT2D eigenvalue weighted by molar-refractivity contribution is 4.93. The first-order chi connectivity index (χ1) is 6.26. The minimum Gasteiger partial charge on any atom is -0.323 e. The molecule has 0 rings (SSSR count). The van der Waals surface area contributed by atoms with Gasteiger partial charge in [-0.05, 0) is 6.42 Å². The van der Waals surface area contributed by atoms with Crippen molar-refractivity contribution in [3.63, 3.8) is 0 Å². The van der Waals surface area contributed by atoms with E-state index in [-0.39, 0.29) is 12.1 Å². The molecule has 2 nitrogen and oxygen atoms in total. The Morgan fingerprint density at radius 1 is 1.46 bits per heavy atom. The van der Waals surface area contributed by atoms with E-state index in [1.54, 1.807) is 12.2 Å². The van der Waals surface area contributed by atoms with Crippen LogP contribution in [0.1, 0.15) is 26.2 Å². The molecule has 0 bridgehead atoms. The summed E-state index contributed by atoms with van der Waals surface area (Å²) in [4.78, 5) is 0. The van der Waals surface area contributed by atoms with Crippen LogP contribution in [0.15, 0.2) is 25.3 Å². The van der Waals surface area contributed by atoms with Crippen LogP contribution in [0.5, 0.6) is 0 Å². The molecule has 75 valence electrons. The minimum atomic E-state index is -0.00787. The molecule has 0 aliphatic heterocycles. The van der Waals surface area contributed by atoms with Gasteiger partial charge in [0.25, 0.3) is 0 Å². The molecule has 0 aliphatic rings. The SMILES string of the molecule is C=CC[N]C(CCCC)C(N)C=C. The summed E-state index contributed by atoms with van der Waals surface area (Å²) in [5, 5.41) is 4.44. The normalized spacial score (nSPS) is 14.9. The second-order valence-corrected chi connectivity index (χ2v) is 3.18. The number of hydrogen-bond donors (Lipinski definition) is 1. The Balaban J connectivity index is 3.85. The molecule has 0 aromatic heterocycles. The van der Waals surface area contributed by atoms with Gasteiger partial charge >= 0.3 is 0 Å². The van der Waals surface area contributed by atoms with Gasteiger partial charge in [-0.25, -0.2) is 5.32 Å². The quantitative estimate of drug-likeness (QED) is 0.570. The highest BCUT2D eigenvalue weighted by Crippen LogP contribution is 2.05. The summed E-state index contributed by atoms with van der Waals surface area (Å²) < 4.78 is 0. The lowest BCUT2D eigenvalue weighted by Crippen LogP contribution is -2.39. The summed E-state index contributed by atoms with van der Waals surface area (Å²) in [7, 11) is 0. The molecule has 0 aromatic carbocycles. The van der Waals surface area contributed by atoms with Gasteiger partial charge in [0.15, 0.2) is 0 Å². The first-order valence-corrected chi connectivity index (χ1v) is 4.91. The van der Waals surface area contributed by atoms with E-state index in [0.717, 1.165) is 6.42 Å². The molecule has 2 atom stereocenters. The second kappa shape index (κ2) is 8.02. The Kier molecular flexibility index (Phi) is 7.65. The van der Waals surface area contributed by atoms with E-state index >= 15 is 0 Å². The van der Waals surface area contributed by atoms with Crippen molar-refractivity contribution in [1.82, 2.24) is 5.32 Å². The first-order valence-electron chi connectivity index (χ1n) is 4.91. The van der Waals surface area contributed by atoms with Gasteiger partial charge in [-0.15, -0.1) is 13.2 Å². The van der Waals surface area contributed by atoms with Gasteiger partial charge in [0.1, 0.15) is 0 Å². The van der Waals surface area contributed by atoms with Crippen molar-refractivity contribution in [2.24, 2.45) is 5.73 Å². The van der Waals surface area contributed by atoms with Crippen LogP contribution in [-0.4, -0.2) is 18.6 Å².